The summed E-state index contributed by atoms with van der Waals surface area (Å²) < 4.78 is 10.4. The van der Waals surface area contributed by atoms with Crippen LogP contribution >= 0.6 is 0 Å². The number of nitrogens with zero attached hydrogens (tertiary/aromatic N) is 3. The van der Waals surface area contributed by atoms with Gasteiger partial charge >= 0.3 is 6.01 Å². The van der Waals surface area contributed by atoms with Crippen LogP contribution < -0.4 is 10.1 Å². The molecule has 110 valence electrons. The Morgan fingerprint density at radius 1 is 1.35 bits per heavy atom. The zero-order chi connectivity index (χ0) is 14.0. The van der Waals surface area contributed by atoms with Crippen LogP contribution in [0.15, 0.2) is 18.5 Å². The molecule has 0 aliphatic carbocycles. The van der Waals surface area contributed by atoms with Crippen LogP contribution in [0.5, 0.6) is 6.01 Å². The summed E-state index contributed by atoms with van der Waals surface area (Å²) in [6.07, 6.45) is 4.07. The van der Waals surface area contributed by atoms with Crippen molar-refractivity contribution in [2.45, 2.75) is 6.42 Å². The van der Waals surface area contributed by atoms with Gasteiger partial charge < -0.3 is 14.8 Å². The maximum absolute atomic E-state index is 11.5. The molecule has 1 aliphatic heterocycles. The maximum Gasteiger partial charge on any atom is 0.316 e. The molecule has 1 aliphatic rings. The Bertz CT molecular complexity index is 396. The van der Waals surface area contributed by atoms with Crippen LogP contribution in [0, 0.1) is 0 Å². The molecule has 1 N–H and O–H groups in total. The van der Waals surface area contributed by atoms with E-state index in [1.54, 1.807) is 18.5 Å². The van der Waals surface area contributed by atoms with Crippen molar-refractivity contribution in [1.29, 1.82) is 0 Å². The fraction of sp³-hybridized carbons (Fsp3) is 0.615. The molecule has 0 unspecified atom stereocenters. The largest absolute Gasteiger partial charge is 0.453 e. The van der Waals surface area contributed by atoms with Crippen LogP contribution in [0.25, 0.3) is 0 Å². The third kappa shape index (κ3) is 5.50. The van der Waals surface area contributed by atoms with Gasteiger partial charge in [-0.3, -0.25) is 9.69 Å². The average molecular weight is 280 g/mol. The second-order valence-electron chi connectivity index (χ2n) is 4.48. The summed E-state index contributed by atoms with van der Waals surface area (Å²) in [6, 6.07) is 1.91. The van der Waals surface area contributed by atoms with Gasteiger partial charge in [-0.2, -0.15) is 0 Å². The van der Waals surface area contributed by atoms with Crippen molar-refractivity contribution in [3.05, 3.63) is 18.5 Å². The molecule has 1 amide bonds. The molecule has 7 nitrogen and oxygen atoms in total. The lowest BCUT2D eigenvalue weighted by Gasteiger charge is -2.26. The van der Waals surface area contributed by atoms with E-state index < -0.39 is 0 Å². The Morgan fingerprint density at radius 3 is 2.85 bits per heavy atom. The van der Waals surface area contributed by atoms with Crippen molar-refractivity contribution in [3.63, 3.8) is 0 Å². The van der Waals surface area contributed by atoms with Crippen molar-refractivity contribution in [2.75, 3.05) is 46.0 Å². The normalized spacial score (nSPS) is 15.8. The van der Waals surface area contributed by atoms with Crippen molar-refractivity contribution in [3.8, 4) is 6.01 Å². The quantitative estimate of drug-likeness (QED) is 0.691. The van der Waals surface area contributed by atoms with Gasteiger partial charge in [0.1, 0.15) is 0 Å². The number of ether oxygens (including phenoxy) is 2. The van der Waals surface area contributed by atoms with E-state index in [9.17, 15) is 4.79 Å². The Kier molecular flexibility index (Phi) is 6.19. The summed E-state index contributed by atoms with van der Waals surface area (Å²) in [4.78, 5) is 21.6. The monoisotopic (exact) mass is 280 g/mol. The SMILES string of the molecule is O=C(COc1ncccn1)NCCCN1CCOCC1. The molecule has 1 saturated heterocycles. The van der Waals surface area contributed by atoms with E-state index in [1.165, 1.54) is 0 Å². The molecule has 0 saturated carbocycles. The van der Waals surface area contributed by atoms with Crippen LogP contribution in [0.4, 0.5) is 0 Å². The lowest BCUT2D eigenvalue weighted by Crippen LogP contribution is -2.38. The molecule has 1 aromatic rings. The van der Waals surface area contributed by atoms with Gasteiger partial charge in [-0.05, 0) is 19.0 Å². The fourth-order valence-corrected chi connectivity index (χ4v) is 1.90. The Hall–Kier alpha value is -1.73. The third-order valence-corrected chi connectivity index (χ3v) is 2.95. The molecule has 0 radical (unpaired) electrons. The molecule has 0 aromatic carbocycles. The van der Waals surface area contributed by atoms with Gasteiger partial charge in [-0.1, -0.05) is 0 Å². The Balaban J connectivity index is 1.51. The highest BCUT2D eigenvalue weighted by atomic mass is 16.5. The second kappa shape index (κ2) is 8.44. The first-order chi connectivity index (χ1) is 9.84. The molecular formula is C13H20N4O3. The number of hydrogen-bond donors (Lipinski definition) is 1. The molecule has 2 heterocycles. The van der Waals surface area contributed by atoms with Crippen LogP contribution in [-0.2, 0) is 9.53 Å². The number of carbonyl (C=O) groups is 1. The zero-order valence-electron chi connectivity index (χ0n) is 11.5. The number of carbonyl (C=O) groups excluding carboxylic acids is 1. The molecular weight excluding hydrogens is 260 g/mol. The topological polar surface area (TPSA) is 76.6 Å². The molecule has 0 atom stereocenters. The smallest absolute Gasteiger partial charge is 0.316 e. The summed E-state index contributed by atoms with van der Waals surface area (Å²) in [5.74, 6) is -0.153. The lowest BCUT2D eigenvalue weighted by atomic mass is 10.3. The predicted molar refractivity (Wildman–Crippen MR) is 72.4 cm³/mol. The van der Waals surface area contributed by atoms with E-state index in [2.05, 4.69) is 20.2 Å². The first-order valence-electron chi connectivity index (χ1n) is 6.81. The minimum absolute atomic E-state index is 0.0540. The highest BCUT2D eigenvalue weighted by molar-refractivity contribution is 5.77. The molecule has 20 heavy (non-hydrogen) atoms. The molecule has 0 spiro atoms. The first-order valence-corrected chi connectivity index (χ1v) is 6.81. The summed E-state index contributed by atoms with van der Waals surface area (Å²) in [6.45, 7) is 5.13. The Labute approximate surface area is 118 Å². The summed E-state index contributed by atoms with van der Waals surface area (Å²) >= 11 is 0. The Morgan fingerprint density at radius 2 is 2.10 bits per heavy atom. The number of rotatable bonds is 7. The van der Waals surface area contributed by atoms with Crippen LogP contribution in [0.2, 0.25) is 0 Å². The minimum Gasteiger partial charge on any atom is -0.453 e. The first kappa shape index (κ1) is 14.7. The van der Waals surface area contributed by atoms with Gasteiger partial charge in [0.05, 0.1) is 13.2 Å². The highest BCUT2D eigenvalue weighted by Crippen LogP contribution is 1.98. The van der Waals surface area contributed by atoms with E-state index >= 15 is 0 Å². The zero-order valence-corrected chi connectivity index (χ0v) is 11.5. The van der Waals surface area contributed by atoms with Crippen LogP contribution in [0.3, 0.4) is 0 Å². The molecule has 1 aromatic heterocycles. The number of morpholine rings is 1. The number of aromatic nitrogens is 2. The molecule has 0 bridgehead atoms. The van der Waals surface area contributed by atoms with Crippen molar-refractivity contribution in [2.24, 2.45) is 0 Å². The van der Waals surface area contributed by atoms with Gasteiger partial charge in [0.25, 0.3) is 5.91 Å². The predicted octanol–water partition coefficient (Wildman–Crippen LogP) is -0.306. The maximum atomic E-state index is 11.5. The average Bonchev–Trinajstić information content (AvgIpc) is 2.52. The van der Waals surface area contributed by atoms with E-state index in [0.717, 1.165) is 39.3 Å². The highest BCUT2D eigenvalue weighted by Gasteiger charge is 2.09. The molecule has 1 fully saturated rings. The summed E-state index contributed by atoms with van der Waals surface area (Å²) in [5, 5.41) is 2.82. The minimum atomic E-state index is -0.153. The van der Waals surface area contributed by atoms with Gasteiger partial charge in [0, 0.05) is 32.0 Å². The van der Waals surface area contributed by atoms with Crippen LogP contribution in [0.1, 0.15) is 6.42 Å². The van der Waals surface area contributed by atoms with Gasteiger partial charge in [-0.25, -0.2) is 9.97 Å². The van der Waals surface area contributed by atoms with Gasteiger partial charge in [-0.15, -0.1) is 0 Å². The molecule has 7 heteroatoms. The molecule has 2 rings (SSSR count). The van der Waals surface area contributed by atoms with E-state index in [0.29, 0.717) is 6.54 Å². The van der Waals surface area contributed by atoms with Gasteiger partial charge in [0.2, 0.25) is 0 Å². The number of nitrogens with one attached hydrogen (secondary N) is 1. The van der Waals surface area contributed by atoms with Crippen molar-refractivity contribution in [1.82, 2.24) is 20.2 Å². The number of hydrogen-bond acceptors (Lipinski definition) is 6. The summed E-state index contributed by atoms with van der Waals surface area (Å²) in [7, 11) is 0. The van der Waals surface area contributed by atoms with Crippen LogP contribution in [-0.4, -0.2) is 66.8 Å². The standard InChI is InChI=1S/C13H20N4O3/c18-12(11-20-13-15-3-1-4-16-13)14-5-2-6-17-7-9-19-10-8-17/h1,3-4H,2,5-11H2,(H,14,18). The van der Waals surface area contributed by atoms with E-state index in [4.69, 9.17) is 9.47 Å². The van der Waals surface area contributed by atoms with E-state index in [1.807, 2.05) is 0 Å². The van der Waals surface area contributed by atoms with Crippen molar-refractivity contribution >= 4 is 5.91 Å². The fourth-order valence-electron chi connectivity index (χ4n) is 1.90. The lowest BCUT2D eigenvalue weighted by molar-refractivity contribution is -0.123. The third-order valence-electron chi connectivity index (χ3n) is 2.95. The van der Waals surface area contributed by atoms with Crippen molar-refractivity contribution < 1.29 is 14.3 Å². The summed E-state index contributed by atoms with van der Waals surface area (Å²) in [5.41, 5.74) is 0. The number of amides is 1. The van der Waals surface area contributed by atoms with Gasteiger partial charge in [0.15, 0.2) is 6.61 Å². The van der Waals surface area contributed by atoms with E-state index in [-0.39, 0.29) is 18.5 Å². The second-order valence-corrected chi connectivity index (χ2v) is 4.48.